The van der Waals surface area contributed by atoms with Crippen molar-refractivity contribution >= 4 is 12.3 Å². The molecule has 5 N–H and O–H groups in total. The summed E-state index contributed by atoms with van der Waals surface area (Å²) >= 11 is 0. The molecule has 418 valence electrons. The minimum atomic E-state index is -1.71. The molecule has 0 amide bonds. The molecule has 11 fully saturated rings. The second-order valence-corrected chi connectivity index (χ2v) is 29.5. The van der Waals surface area contributed by atoms with Gasteiger partial charge in [0.05, 0.1) is 29.3 Å². The van der Waals surface area contributed by atoms with Gasteiger partial charge in [-0.05, 0) is 210 Å². The summed E-state index contributed by atoms with van der Waals surface area (Å²) in [5, 5.41) is 60.0. The molecule has 21 atom stereocenters. The summed E-state index contributed by atoms with van der Waals surface area (Å²) in [4.78, 5) is 29.8. The Bertz CT molecular complexity index is 2810. The van der Waals surface area contributed by atoms with Gasteiger partial charge in [0, 0.05) is 58.3 Å². The van der Waals surface area contributed by atoms with E-state index in [0.717, 1.165) is 99.3 Å². The minimum Gasteiger partial charge on any atom is -0.454 e. The molecule has 14 aliphatic rings. The highest BCUT2D eigenvalue weighted by atomic mass is 16.5. The summed E-state index contributed by atoms with van der Waals surface area (Å²) in [6.07, 6.45) is 23.4. The predicted molar refractivity (Wildman–Crippen MR) is 297 cm³/mol. The summed E-state index contributed by atoms with van der Waals surface area (Å²) < 4.78 is 13.9. The first-order valence-corrected chi connectivity index (χ1v) is 31.9. The number of hydrogen-bond donors (Lipinski definition) is 5. The monoisotopic (exact) mass is 1060 g/mol. The third-order valence-electron chi connectivity index (χ3n) is 27.4. The van der Waals surface area contributed by atoms with Gasteiger partial charge in [-0.25, -0.2) is 4.79 Å². The van der Waals surface area contributed by atoms with Crippen LogP contribution in [0.15, 0.2) is 60.2 Å². The smallest absolute Gasteiger partial charge is 0.331 e. The third kappa shape index (κ3) is 6.77. The minimum absolute atomic E-state index is 0.0683. The van der Waals surface area contributed by atoms with E-state index < -0.39 is 51.0 Å². The lowest BCUT2D eigenvalue weighted by atomic mass is 9.32. The van der Waals surface area contributed by atoms with E-state index in [-0.39, 0.29) is 60.2 Å². The molecule has 2 aliphatic heterocycles. The quantitative estimate of drug-likeness (QED) is 0.108. The van der Waals surface area contributed by atoms with Crippen LogP contribution in [0.5, 0.6) is 0 Å². The van der Waals surface area contributed by atoms with Gasteiger partial charge in [0.2, 0.25) is 0 Å². The Morgan fingerprint density at radius 1 is 0.808 bits per heavy atom. The lowest BCUT2D eigenvalue weighted by Gasteiger charge is -2.75. The van der Waals surface area contributed by atoms with Crippen LogP contribution >= 0.6 is 0 Å². The first kappa shape index (κ1) is 51.5. The number of esters is 1. The highest BCUT2D eigenvalue weighted by Crippen LogP contribution is 2.82. The summed E-state index contributed by atoms with van der Waals surface area (Å²) in [5.74, 6) is 8.85. The molecule has 9 heteroatoms. The zero-order chi connectivity index (χ0) is 53.2. The van der Waals surface area contributed by atoms with Gasteiger partial charge >= 0.3 is 5.97 Å². The van der Waals surface area contributed by atoms with Crippen LogP contribution < -0.4 is 5.32 Å². The molecular weight excluding hydrogens is 971 g/mol. The lowest BCUT2D eigenvalue weighted by molar-refractivity contribution is -0.367. The topological polar surface area (TPSA) is 146 Å². The van der Waals surface area contributed by atoms with Crippen LogP contribution in [0.3, 0.4) is 0 Å². The van der Waals surface area contributed by atoms with Crippen molar-refractivity contribution in [1.82, 2.24) is 5.32 Å². The van der Waals surface area contributed by atoms with Gasteiger partial charge in [0.1, 0.15) is 18.0 Å². The molecule has 9 nitrogen and oxygen atoms in total. The molecule has 0 aromatic heterocycles. The van der Waals surface area contributed by atoms with Crippen molar-refractivity contribution in [1.29, 1.82) is 0 Å². The van der Waals surface area contributed by atoms with Gasteiger partial charge < -0.3 is 40.0 Å². The van der Waals surface area contributed by atoms with Crippen molar-refractivity contribution in [2.75, 3.05) is 13.7 Å². The van der Waals surface area contributed by atoms with Crippen molar-refractivity contribution in [3.05, 3.63) is 82.4 Å². The van der Waals surface area contributed by atoms with E-state index in [4.69, 9.17) is 9.47 Å². The molecule has 10 saturated carbocycles. The first-order chi connectivity index (χ1) is 37.8. The molecule has 4 bridgehead atoms. The zero-order valence-electron chi connectivity index (χ0n) is 46.8. The van der Waals surface area contributed by atoms with Crippen molar-refractivity contribution in [2.24, 2.45) is 92.7 Å². The van der Waals surface area contributed by atoms with Gasteiger partial charge in [0.25, 0.3) is 0 Å². The van der Waals surface area contributed by atoms with Crippen LogP contribution in [0.1, 0.15) is 183 Å². The molecule has 12 aliphatic carbocycles. The number of ether oxygens (including phenoxy) is 2. The van der Waals surface area contributed by atoms with Gasteiger partial charge in [-0.2, -0.15) is 0 Å². The number of aldehydes is 1. The number of likely N-dealkylation sites (N-methyl/N-ethyl adjacent to an activating group) is 1. The van der Waals surface area contributed by atoms with Crippen LogP contribution in [0.2, 0.25) is 0 Å². The Labute approximate surface area is 464 Å². The van der Waals surface area contributed by atoms with Crippen LogP contribution in [0, 0.1) is 105 Å². The van der Waals surface area contributed by atoms with Gasteiger partial charge in [0.15, 0.2) is 0 Å². The zero-order valence-corrected chi connectivity index (χ0v) is 46.8. The van der Waals surface area contributed by atoms with Crippen molar-refractivity contribution in [3.8, 4) is 11.8 Å². The second kappa shape index (κ2) is 18.3. The van der Waals surface area contributed by atoms with Gasteiger partial charge in [-0.3, -0.25) is 0 Å². The highest BCUT2D eigenvalue weighted by molar-refractivity contribution is 5.86. The number of aliphatic hydroxyl groups is 4. The van der Waals surface area contributed by atoms with Crippen LogP contribution in [0.25, 0.3) is 0 Å². The number of hydrogen-bond acceptors (Lipinski definition) is 9. The average molecular weight is 1060 g/mol. The molecular formula is C69H89NO8. The molecule has 2 heterocycles. The van der Waals surface area contributed by atoms with Crippen molar-refractivity contribution < 1.29 is 39.5 Å². The maximum Gasteiger partial charge on any atom is 0.331 e. The van der Waals surface area contributed by atoms with Crippen LogP contribution in [0.4, 0.5) is 0 Å². The van der Waals surface area contributed by atoms with E-state index in [1.54, 1.807) is 6.08 Å². The Hall–Kier alpha value is -3.36. The predicted octanol–water partition coefficient (Wildman–Crippen LogP) is 10.6. The SMILES string of the molecule is CNC1Cc2c(cccc2CO)C#CC2(CCCC2)CC23CCC4C(O)(CC5CC(C(C)C6CCCC6)CCC6C7OCCC8CC9CC(c%10ccccc%10)CCC9C87CC4(C=O)C56O)C2(O)CC2CC1C1OC(=O)C=C1C23. The van der Waals surface area contributed by atoms with E-state index in [1.165, 1.54) is 37.5 Å². The molecule has 1 saturated heterocycles. The van der Waals surface area contributed by atoms with Crippen LogP contribution in [-0.2, 0) is 32.1 Å². The molecule has 78 heavy (non-hydrogen) atoms. The summed E-state index contributed by atoms with van der Waals surface area (Å²) in [7, 11) is 1.99. The standard InChI is InChI=1S/C69H89NO8/c1-41(42-11-6-7-12-42)45-17-20-56-62-66(50(23-28-77-62)31-48-29-46(18-19-55(48)66)43-13-4-3-5-14-43)39-65(40-72)58-22-27-64-38-63(24-8-9-25-63)26-21-44-15-10-16-47(37-71)52(44)33-57(70-2)53-32-49(60(64)54-34-59(73)78-61(53)54)35-68(64,75)67(58,74)36-51(30-45)69(56,65)76/h3-5,10,13-16,34,40-42,45-46,48-51,53,55-58,60-62,70-71,74-76H,6-9,11-12,17-20,22-25,27-33,35-39H2,1-2H3. The Morgan fingerprint density at radius 3 is 2.40 bits per heavy atom. The molecule has 21 unspecified atom stereocenters. The number of rotatable bonds is 6. The summed E-state index contributed by atoms with van der Waals surface area (Å²) in [6.45, 7) is 3.09. The Morgan fingerprint density at radius 2 is 1.62 bits per heavy atom. The summed E-state index contributed by atoms with van der Waals surface area (Å²) in [5.41, 5.74) is -2.49. The maximum absolute atomic E-state index is 15.7. The van der Waals surface area contributed by atoms with E-state index >= 15 is 15.0 Å². The molecule has 16 rings (SSSR count). The maximum atomic E-state index is 15.7. The highest BCUT2D eigenvalue weighted by Gasteiger charge is 2.86. The molecule has 3 spiro atoms. The van der Waals surface area contributed by atoms with Crippen molar-refractivity contribution in [2.45, 2.75) is 209 Å². The largest absolute Gasteiger partial charge is 0.454 e. The number of carbonyl (C=O) groups excluding carboxylic acids is 2. The Kier molecular flexibility index (Phi) is 12.1. The van der Waals surface area contributed by atoms with E-state index in [0.29, 0.717) is 93.0 Å². The molecule has 2 aromatic rings. The normalized spacial score (nSPS) is 48.7. The lowest BCUT2D eigenvalue weighted by Crippen LogP contribution is -2.83. The average Bonchev–Trinajstić information content (AvgIpc) is 1.81. The van der Waals surface area contributed by atoms with Gasteiger partial charge in [-0.1, -0.05) is 99.8 Å². The summed E-state index contributed by atoms with van der Waals surface area (Å²) in [6, 6.07) is 17.1. The number of carbonyl (C=O) groups is 2. The third-order valence-corrected chi connectivity index (χ3v) is 27.4. The number of fused-ring (bicyclic) bond motifs is 6. The number of benzene rings is 2. The van der Waals surface area contributed by atoms with E-state index in [1.807, 2.05) is 19.2 Å². The number of aliphatic hydroxyl groups excluding tert-OH is 1. The molecule has 2 aromatic carbocycles. The Balaban J connectivity index is 0.916. The fourth-order valence-corrected chi connectivity index (χ4v) is 24.6. The second-order valence-electron chi connectivity index (χ2n) is 29.5. The van der Waals surface area contributed by atoms with E-state index in [2.05, 4.69) is 60.5 Å². The first-order valence-electron chi connectivity index (χ1n) is 31.9. The fraction of sp³-hybridized carbons (Fsp3) is 0.739. The fourth-order valence-electron chi connectivity index (χ4n) is 24.6. The number of nitrogens with one attached hydrogen (secondary N) is 1. The van der Waals surface area contributed by atoms with Crippen LogP contribution in [-0.4, -0.2) is 81.4 Å². The molecule has 0 radical (unpaired) electrons. The van der Waals surface area contributed by atoms with E-state index in [9.17, 15) is 15.0 Å². The van der Waals surface area contributed by atoms with Gasteiger partial charge in [-0.15, -0.1) is 0 Å². The van der Waals surface area contributed by atoms with Crippen molar-refractivity contribution in [3.63, 3.8) is 0 Å².